The minimum Gasteiger partial charge on any atom is -0.445 e. The van der Waals surface area contributed by atoms with E-state index >= 15 is 0 Å². The van der Waals surface area contributed by atoms with Crippen molar-refractivity contribution in [2.45, 2.75) is 0 Å². The first-order chi connectivity index (χ1) is 5.41. The third-order valence-electron chi connectivity index (χ3n) is 1.25. The van der Waals surface area contributed by atoms with Gasteiger partial charge in [-0.2, -0.15) is 4.39 Å². The maximum Gasteiger partial charge on any atom is 0.514 e. The SMILES string of the molecule is O=c1ccc([B-](F)(F)F)c(F)[nH]1. The second kappa shape index (κ2) is 2.65. The first-order valence-electron chi connectivity index (χ1n) is 3.00. The van der Waals surface area contributed by atoms with E-state index in [1.807, 2.05) is 0 Å². The Bertz CT molecular complexity index is 344. The van der Waals surface area contributed by atoms with Gasteiger partial charge in [0.1, 0.15) is 0 Å². The molecule has 0 fully saturated rings. The summed E-state index contributed by atoms with van der Waals surface area (Å²) in [6, 6.07) is 1.06. The number of hydrogen-bond donors (Lipinski definition) is 1. The third kappa shape index (κ3) is 1.66. The molecule has 66 valence electrons. The lowest BCUT2D eigenvalue weighted by atomic mass is 9.81. The first kappa shape index (κ1) is 8.83. The van der Waals surface area contributed by atoms with Crippen molar-refractivity contribution < 1.29 is 17.3 Å². The highest BCUT2D eigenvalue weighted by Gasteiger charge is 2.29. The molecule has 0 unspecified atom stereocenters. The predicted octanol–water partition coefficient (Wildman–Crippen LogP) is 0.568. The second-order valence-electron chi connectivity index (χ2n) is 2.17. The lowest BCUT2D eigenvalue weighted by Crippen LogP contribution is -2.38. The number of nitrogens with one attached hydrogen (secondary N) is 1. The fraction of sp³-hybridized carbons (Fsp3) is 0. The molecule has 0 bridgehead atoms. The van der Waals surface area contributed by atoms with Gasteiger partial charge in [-0.05, 0) is 0 Å². The molecular weight excluding hydrogens is 177 g/mol. The Morgan fingerprint density at radius 1 is 1.25 bits per heavy atom. The summed E-state index contributed by atoms with van der Waals surface area (Å²) in [5.74, 6) is -1.63. The molecular formula is C5H3BF4NO-. The van der Waals surface area contributed by atoms with Gasteiger partial charge in [-0.3, -0.25) is 4.79 Å². The molecule has 1 heterocycles. The van der Waals surface area contributed by atoms with Gasteiger partial charge in [0, 0.05) is 6.07 Å². The van der Waals surface area contributed by atoms with E-state index in [4.69, 9.17) is 0 Å². The van der Waals surface area contributed by atoms with Crippen LogP contribution in [0, 0.1) is 5.95 Å². The zero-order valence-electron chi connectivity index (χ0n) is 5.65. The normalized spacial score (nSPS) is 11.7. The smallest absolute Gasteiger partial charge is 0.445 e. The van der Waals surface area contributed by atoms with Gasteiger partial charge in [0.15, 0.2) is 5.95 Å². The van der Waals surface area contributed by atoms with Gasteiger partial charge in [-0.1, -0.05) is 11.5 Å². The summed E-state index contributed by atoms with van der Waals surface area (Å²) in [7, 11) is 0. The quantitative estimate of drug-likeness (QED) is 0.382. The van der Waals surface area contributed by atoms with Gasteiger partial charge in [-0.15, -0.1) is 0 Å². The monoisotopic (exact) mass is 180 g/mol. The maximum atomic E-state index is 12.4. The average molecular weight is 180 g/mol. The molecule has 2 nitrogen and oxygen atoms in total. The molecule has 0 aliphatic rings. The van der Waals surface area contributed by atoms with Crippen LogP contribution in [-0.4, -0.2) is 12.0 Å². The number of aromatic nitrogens is 1. The molecule has 0 saturated heterocycles. The van der Waals surface area contributed by atoms with Crippen LogP contribution in [0.3, 0.4) is 0 Å². The van der Waals surface area contributed by atoms with Crippen molar-refractivity contribution in [1.82, 2.24) is 4.98 Å². The van der Waals surface area contributed by atoms with Crippen LogP contribution in [0.25, 0.3) is 0 Å². The lowest BCUT2D eigenvalue weighted by molar-refractivity contribution is 0.489. The van der Waals surface area contributed by atoms with Gasteiger partial charge in [0.2, 0.25) is 5.56 Å². The Balaban J connectivity index is 3.28. The topological polar surface area (TPSA) is 32.9 Å². The number of aromatic amines is 1. The highest BCUT2D eigenvalue weighted by atomic mass is 19.4. The summed E-state index contributed by atoms with van der Waals surface area (Å²) in [6.07, 6.45) is 0. The van der Waals surface area contributed by atoms with Crippen LogP contribution in [0.4, 0.5) is 17.3 Å². The largest absolute Gasteiger partial charge is 0.514 e. The molecule has 1 rings (SSSR count). The Hall–Kier alpha value is -1.27. The van der Waals surface area contributed by atoms with E-state index in [0.717, 1.165) is 0 Å². The zero-order valence-corrected chi connectivity index (χ0v) is 5.65. The van der Waals surface area contributed by atoms with E-state index in [-0.39, 0.29) is 0 Å². The fourth-order valence-electron chi connectivity index (χ4n) is 0.713. The summed E-state index contributed by atoms with van der Waals surface area (Å²) in [5, 5.41) is 0. The molecule has 1 aromatic rings. The Kier molecular flexibility index (Phi) is 1.95. The van der Waals surface area contributed by atoms with Crippen LogP contribution in [0.1, 0.15) is 0 Å². The summed E-state index contributed by atoms with van der Waals surface area (Å²) in [6.45, 7) is -5.39. The Morgan fingerprint density at radius 2 is 1.83 bits per heavy atom. The average Bonchev–Trinajstić information content (AvgIpc) is 1.83. The van der Waals surface area contributed by atoms with Crippen LogP contribution in [0.5, 0.6) is 0 Å². The molecule has 0 amide bonds. The number of H-pyrrole nitrogens is 1. The molecule has 1 aromatic heterocycles. The van der Waals surface area contributed by atoms with Crippen molar-refractivity contribution in [1.29, 1.82) is 0 Å². The number of rotatable bonds is 1. The van der Waals surface area contributed by atoms with Crippen LogP contribution in [-0.2, 0) is 0 Å². The number of hydrogen-bond acceptors (Lipinski definition) is 1. The standard InChI is InChI=1S/C5H3BF4NO/c7-5-3(6(8,9)10)1-2-4(12)11-5/h1-2H,(H,11,12)/q-1. The predicted molar refractivity (Wildman–Crippen MR) is 35.7 cm³/mol. The summed E-state index contributed by atoms with van der Waals surface area (Å²) >= 11 is 0. The van der Waals surface area contributed by atoms with Crippen LogP contribution in [0.15, 0.2) is 16.9 Å². The minimum atomic E-state index is -5.39. The highest BCUT2D eigenvalue weighted by molar-refractivity contribution is 6.73. The lowest BCUT2D eigenvalue weighted by Gasteiger charge is -2.14. The minimum absolute atomic E-state index is 0.425. The van der Waals surface area contributed by atoms with Gasteiger partial charge in [0.25, 0.3) is 0 Å². The summed E-state index contributed by atoms with van der Waals surface area (Å²) in [4.78, 5) is 11.7. The number of halogens is 4. The third-order valence-corrected chi connectivity index (χ3v) is 1.25. The van der Waals surface area contributed by atoms with Crippen molar-refractivity contribution in [2.75, 3.05) is 0 Å². The molecule has 0 saturated carbocycles. The van der Waals surface area contributed by atoms with E-state index in [2.05, 4.69) is 0 Å². The Morgan fingerprint density at radius 3 is 2.25 bits per heavy atom. The van der Waals surface area contributed by atoms with E-state index in [0.29, 0.717) is 12.1 Å². The van der Waals surface area contributed by atoms with Crippen molar-refractivity contribution >= 4 is 12.4 Å². The van der Waals surface area contributed by atoms with E-state index in [1.54, 1.807) is 0 Å². The molecule has 7 heteroatoms. The fourth-order valence-corrected chi connectivity index (χ4v) is 0.713. The molecule has 0 atom stereocenters. The molecule has 0 aliphatic carbocycles. The van der Waals surface area contributed by atoms with E-state index < -0.39 is 23.9 Å². The maximum absolute atomic E-state index is 12.4. The summed E-state index contributed by atoms with van der Waals surface area (Å²) < 4.78 is 48.0. The Labute approximate surface area is 64.3 Å². The van der Waals surface area contributed by atoms with Crippen molar-refractivity contribution in [2.24, 2.45) is 0 Å². The van der Waals surface area contributed by atoms with E-state index in [9.17, 15) is 22.1 Å². The molecule has 0 aromatic carbocycles. The van der Waals surface area contributed by atoms with Crippen molar-refractivity contribution in [3.05, 3.63) is 28.4 Å². The molecule has 1 N–H and O–H groups in total. The zero-order chi connectivity index (χ0) is 9.35. The van der Waals surface area contributed by atoms with Crippen LogP contribution in [0.2, 0.25) is 0 Å². The van der Waals surface area contributed by atoms with Crippen LogP contribution >= 0.6 is 0 Å². The first-order valence-corrected chi connectivity index (χ1v) is 3.00. The summed E-state index contributed by atoms with van der Waals surface area (Å²) in [5.41, 5.74) is -2.30. The molecule has 0 spiro atoms. The van der Waals surface area contributed by atoms with E-state index in [1.165, 1.54) is 4.98 Å². The van der Waals surface area contributed by atoms with Gasteiger partial charge >= 0.3 is 6.98 Å². The highest BCUT2D eigenvalue weighted by Crippen LogP contribution is 2.08. The second-order valence-corrected chi connectivity index (χ2v) is 2.17. The van der Waals surface area contributed by atoms with Crippen LogP contribution < -0.4 is 11.0 Å². The van der Waals surface area contributed by atoms with Gasteiger partial charge < -0.3 is 17.9 Å². The molecule has 12 heavy (non-hydrogen) atoms. The van der Waals surface area contributed by atoms with Gasteiger partial charge in [0.05, 0.1) is 0 Å². The molecule has 0 radical (unpaired) electrons. The number of pyridine rings is 1. The van der Waals surface area contributed by atoms with Crippen molar-refractivity contribution in [3.8, 4) is 0 Å². The van der Waals surface area contributed by atoms with Gasteiger partial charge in [-0.25, -0.2) is 0 Å². The molecule has 0 aliphatic heterocycles. The van der Waals surface area contributed by atoms with Crippen molar-refractivity contribution in [3.63, 3.8) is 0 Å².